The second-order valence-corrected chi connectivity index (χ2v) is 6.06. The molecule has 4 nitrogen and oxygen atoms in total. The molecule has 0 radical (unpaired) electrons. The number of rotatable bonds is 2. The van der Waals surface area contributed by atoms with Crippen LogP contribution in [0.4, 0.5) is 0 Å². The Hall–Kier alpha value is -0.900. The summed E-state index contributed by atoms with van der Waals surface area (Å²) in [6, 6.07) is 0.160. The molecule has 4 heteroatoms. The van der Waals surface area contributed by atoms with Gasteiger partial charge in [0.1, 0.15) is 11.9 Å². The molecule has 3 unspecified atom stereocenters. The van der Waals surface area contributed by atoms with E-state index < -0.39 is 0 Å². The van der Waals surface area contributed by atoms with Gasteiger partial charge in [-0.2, -0.15) is 0 Å². The fourth-order valence-corrected chi connectivity index (χ4v) is 3.85. The lowest BCUT2D eigenvalue weighted by molar-refractivity contribution is -0.148. The van der Waals surface area contributed by atoms with Crippen LogP contribution in [0.2, 0.25) is 0 Å². The number of hydrogen-bond acceptors (Lipinski definition) is 3. The van der Waals surface area contributed by atoms with Crippen molar-refractivity contribution in [2.24, 2.45) is 5.92 Å². The summed E-state index contributed by atoms with van der Waals surface area (Å²) in [5.74, 6) is 0.617. The van der Waals surface area contributed by atoms with Crippen molar-refractivity contribution in [1.29, 1.82) is 0 Å². The molecule has 2 aliphatic heterocycles. The number of hydrogen-bond donors (Lipinski definition) is 0. The minimum Gasteiger partial charge on any atom is -0.368 e. The zero-order valence-corrected chi connectivity index (χ0v) is 11.5. The number of carbonyl (C=O) groups is 2. The van der Waals surface area contributed by atoms with Gasteiger partial charge in [0.15, 0.2) is 0 Å². The highest BCUT2D eigenvalue weighted by Crippen LogP contribution is 2.34. The highest BCUT2D eigenvalue weighted by atomic mass is 16.5. The molecule has 19 heavy (non-hydrogen) atoms. The fraction of sp³-hybridized carbons (Fsp3) is 0.867. The minimum atomic E-state index is -0.245. The second-order valence-electron chi connectivity index (χ2n) is 6.06. The largest absolute Gasteiger partial charge is 0.368 e. The fourth-order valence-electron chi connectivity index (χ4n) is 3.85. The molecular weight excluding hydrogens is 242 g/mol. The zero-order chi connectivity index (χ0) is 13.2. The highest BCUT2D eigenvalue weighted by Gasteiger charge is 2.41. The molecule has 0 aromatic carbocycles. The predicted octanol–water partition coefficient (Wildman–Crippen LogP) is 1.92. The topological polar surface area (TPSA) is 46.6 Å². The number of carbonyl (C=O) groups excluding carboxylic acids is 2. The zero-order valence-electron chi connectivity index (χ0n) is 11.5. The van der Waals surface area contributed by atoms with Crippen molar-refractivity contribution in [3.8, 4) is 0 Å². The van der Waals surface area contributed by atoms with Crippen molar-refractivity contribution in [2.45, 2.75) is 63.5 Å². The summed E-state index contributed by atoms with van der Waals surface area (Å²) < 4.78 is 5.61. The van der Waals surface area contributed by atoms with E-state index in [1.807, 2.05) is 4.90 Å². The summed E-state index contributed by atoms with van der Waals surface area (Å²) in [5.41, 5.74) is 0. The maximum Gasteiger partial charge on any atom is 0.251 e. The number of amides is 1. The van der Waals surface area contributed by atoms with Crippen LogP contribution in [0.5, 0.6) is 0 Å². The van der Waals surface area contributed by atoms with E-state index in [-0.39, 0.29) is 24.0 Å². The average molecular weight is 265 g/mol. The van der Waals surface area contributed by atoms with Gasteiger partial charge in [-0.1, -0.05) is 0 Å². The Kier molecular flexibility index (Phi) is 3.87. The summed E-state index contributed by atoms with van der Waals surface area (Å²) in [6.45, 7) is 1.52. The maximum atomic E-state index is 12.6. The van der Waals surface area contributed by atoms with Crippen LogP contribution in [-0.2, 0) is 14.3 Å². The van der Waals surface area contributed by atoms with Gasteiger partial charge in [-0.15, -0.1) is 0 Å². The number of nitrogens with zero attached hydrogens (tertiary/aromatic N) is 1. The maximum absolute atomic E-state index is 12.6. The molecule has 3 atom stereocenters. The van der Waals surface area contributed by atoms with Crippen LogP contribution in [0.1, 0.15) is 51.4 Å². The number of ketones is 1. The Labute approximate surface area is 114 Å². The summed E-state index contributed by atoms with van der Waals surface area (Å²) in [4.78, 5) is 26.5. The first kappa shape index (κ1) is 13.1. The van der Waals surface area contributed by atoms with E-state index in [9.17, 15) is 9.59 Å². The van der Waals surface area contributed by atoms with Crippen LogP contribution >= 0.6 is 0 Å². The highest BCUT2D eigenvalue weighted by molar-refractivity contribution is 5.86. The average Bonchev–Trinajstić information content (AvgIpc) is 3.07. The van der Waals surface area contributed by atoms with Crippen LogP contribution < -0.4 is 0 Å². The summed E-state index contributed by atoms with van der Waals surface area (Å²) >= 11 is 0. The molecule has 1 saturated carbocycles. The molecule has 0 bridgehead atoms. The monoisotopic (exact) mass is 265 g/mol. The van der Waals surface area contributed by atoms with Crippen molar-refractivity contribution in [2.75, 3.05) is 13.2 Å². The van der Waals surface area contributed by atoms with Crippen LogP contribution in [0.3, 0.4) is 0 Å². The number of Topliss-reactive ketones (excluding diaryl/α,β-unsaturated/α-hetero) is 1. The normalized spacial score (nSPS) is 35.9. The first-order valence-corrected chi connectivity index (χ1v) is 7.72. The van der Waals surface area contributed by atoms with E-state index in [1.165, 1.54) is 0 Å². The van der Waals surface area contributed by atoms with E-state index in [0.717, 1.165) is 51.5 Å². The molecule has 0 aromatic rings. The Morgan fingerprint density at radius 1 is 1.11 bits per heavy atom. The molecule has 2 heterocycles. The summed E-state index contributed by atoms with van der Waals surface area (Å²) in [5, 5.41) is 0. The number of ether oxygens (including phenoxy) is 1. The quantitative estimate of drug-likeness (QED) is 0.766. The molecule has 0 N–H and O–H groups in total. The van der Waals surface area contributed by atoms with Gasteiger partial charge >= 0.3 is 0 Å². The standard InChI is InChI=1S/C15H23NO3/c17-13-7-3-5-11(13)12-6-4-9-16(12)15(18)14-8-1-2-10-19-14/h11-12,14H,1-10H2. The lowest BCUT2D eigenvalue weighted by Gasteiger charge is -2.33. The third kappa shape index (κ3) is 2.55. The SMILES string of the molecule is O=C1CCCC1C1CCCN1C(=O)C1CCCCO1. The van der Waals surface area contributed by atoms with Crippen LogP contribution in [0, 0.1) is 5.92 Å². The predicted molar refractivity (Wildman–Crippen MR) is 70.7 cm³/mol. The van der Waals surface area contributed by atoms with Gasteiger partial charge in [-0.3, -0.25) is 9.59 Å². The van der Waals surface area contributed by atoms with Crippen molar-refractivity contribution in [3.63, 3.8) is 0 Å². The van der Waals surface area contributed by atoms with E-state index in [0.29, 0.717) is 18.8 Å². The van der Waals surface area contributed by atoms with E-state index in [1.54, 1.807) is 0 Å². The van der Waals surface area contributed by atoms with Gasteiger partial charge < -0.3 is 9.64 Å². The van der Waals surface area contributed by atoms with E-state index in [2.05, 4.69) is 0 Å². The molecule has 0 spiro atoms. The molecule has 3 rings (SSSR count). The summed E-state index contributed by atoms with van der Waals surface area (Å²) in [6.07, 6.45) is 7.46. The van der Waals surface area contributed by atoms with Crippen molar-refractivity contribution < 1.29 is 14.3 Å². The van der Waals surface area contributed by atoms with E-state index >= 15 is 0 Å². The lowest BCUT2D eigenvalue weighted by atomic mass is 9.94. The Morgan fingerprint density at radius 2 is 2.00 bits per heavy atom. The minimum absolute atomic E-state index is 0.107. The molecule has 3 aliphatic rings. The van der Waals surface area contributed by atoms with Gasteiger partial charge in [0, 0.05) is 31.5 Å². The van der Waals surface area contributed by atoms with Crippen molar-refractivity contribution in [3.05, 3.63) is 0 Å². The van der Waals surface area contributed by atoms with Crippen LogP contribution in [-0.4, -0.2) is 41.9 Å². The van der Waals surface area contributed by atoms with Crippen LogP contribution in [0.15, 0.2) is 0 Å². The van der Waals surface area contributed by atoms with Gasteiger partial charge in [0.05, 0.1) is 0 Å². The van der Waals surface area contributed by atoms with Crippen LogP contribution in [0.25, 0.3) is 0 Å². The first-order valence-electron chi connectivity index (χ1n) is 7.72. The third-order valence-corrected chi connectivity index (χ3v) is 4.85. The molecule has 3 fully saturated rings. The smallest absolute Gasteiger partial charge is 0.251 e. The summed E-state index contributed by atoms with van der Waals surface area (Å²) in [7, 11) is 0. The third-order valence-electron chi connectivity index (χ3n) is 4.85. The first-order chi connectivity index (χ1) is 9.27. The molecule has 2 saturated heterocycles. The lowest BCUT2D eigenvalue weighted by Crippen LogP contribution is -2.47. The molecular formula is C15H23NO3. The van der Waals surface area contributed by atoms with Crippen molar-refractivity contribution >= 4 is 11.7 Å². The molecule has 0 aromatic heterocycles. The number of likely N-dealkylation sites (tertiary alicyclic amines) is 1. The van der Waals surface area contributed by atoms with Gasteiger partial charge in [-0.05, 0) is 44.9 Å². The van der Waals surface area contributed by atoms with Crippen molar-refractivity contribution in [1.82, 2.24) is 4.90 Å². The Bertz CT molecular complexity index is 362. The van der Waals surface area contributed by atoms with E-state index in [4.69, 9.17) is 4.74 Å². The Morgan fingerprint density at radius 3 is 2.68 bits per heavy atom. The van der Waals surface area contributed by atoms with Gasteiger partial charge in [0.2, 0.25) is 0 Å². The molecule has 106 valence electrons. The second kappa shape index (κ2) is 5.61. The van der Waals surface area contributed by atoms with Gasteiger partial charge in [0.25, 0.3) is 5.91 Å². The molecule has 1 aliphatic carbocycles. The molecule has 1 amide bonds. The Balaban J connectivity index is 1.68. The van der Waals surface area contributed by atoms with Gasteiger partial charge in [-0.25, -0.2) is 0 Å².